The molecule has 0 atom stereocenters. The number of hydrogen-bond acceptors (Lipinski definition) is 4. The largest absolute Gasteiger partial charge is 0.449 e. The number of pyridine rings is 1. The van der Waals surface area contributed by atoms with Crippen molar-refractivity contribution < 1.29 is 9.53 Å². The van der Waals surface area contributed by atoms with Crippen LogP contribution in [0, 0.1) is 6.92 Å². The van der Waals surface area contributed by atoms with Crippen LogP contribution >= 0.6 is 0 Å². The van der Waals surface area contributed by atoms with Crippen molar-refractivity contribution in [2.45, 2.75) is 27.7 Å². The van der Waals surface area contributed by atoms with Gasteiger partial charge in [-0.25, -0.2) is 14.3 Å². The van der Waals surface area contributed by atoms with Crippen LogP contribution in [0.1, 0.15) is 26.3 Å². The molecule has 23 heavy (non-hydrogen) atoms. The van der Waals surface area contributed by atoms with Crippen molar-refractivity contribution in [3.05, 3.63) is 36.4 Å². The van der Waals surface area contributed by atoms with E-state index >= 15 is 0 Å². The highest BCUT2D eigenvalue weighted by Gasteiger charge is 2.14. The lowest BCUT2D eigenvalue weighted by Crippen LogP contribution is -2.12. The van der Waals surface area contributed by atoms with Crippen LogP contribution in [-0.4, -0.2) is 32.0 Å². The van der Waals surface area contributed by atoms with Crippen molar-refractivity contribution in [3.8, 4) is 11.1 Å². The second kappa shape index (κ2) is 7.09. The lowest BCUT2D eigenvalue weighted by Gasteiger charge is -2.03. The van der Waals surface area contributed by atoms with Crippen molar-refractivity contribution in [2.24, 2.45) is 7.05 Å². The minimum absolute atomic E-state index is 0.339. The number of ether oxygens (including phenoxy) is 1. The van der Waals surface area contributed by atoms with Gasteiger partial charge in [-0.3, -0.25) is 4.68 Å². The highest BCUT2D eigenvalue weighted by Crippen LogP contribution is 2.25. The zero-order chi connectivity index (χ0) is 17.0. The quantitative estimate of drug-likeness (QED) is 0.722. The molecule has 0 saturated heterocycles. The van der Waals surface area contributed by atoms with Crippen LogP contribution in [0.15, 0.2) is 30.9 Å². The third-order valence-electron chi connectivity index (χ3n) is 3.35. The third kappa shape index (κ3) is 3.26. The van der Waals surface area contributed by atoms with E-state index in [1.165, 1.54) is 4.57 Å². The van der Waals surface area contributed by atoms with Crippen molar-refractivity contribution in [1.82, 2.24) is 19.3 Å². The molecule has 0 N–H and O–H groups in total. The number of aromatic nitrogens is 4. The maximum absolute atomic E-state index is 11.9. The number of rotatable bonds is 2. The van der Waals surface area contributed by atoms with Gasteiger partial charge in [-0.1, -0.05) is 13.8 Å². The lowest BCUT2D eigenvalue weighted by molar-refractivity contribution is 0.155. The van der Waals surface area contributed by atoms with Crippen LogP contribution < -0.4 is 0 Å². The van der Waals surface area contributed by atoms with E-state index in [-0.39, 0.29) is 0 Å². The molecule has 0 fully saturated rings. The number of fused-ring (bicyclic) bond motifs is 1. The molecule has 0 saturated carbocycles. The van der Waals surface area contributed by atoms with E-state index in [2.05, 4.69) is 10.1 Å². The summed E-state index contributed by atoms with van der Waals surface area (Å²) in [6, 6.07) is 2.02. The second-order valence-corrected chi connectivity index (χ2v) is 4.88. The number of nitrogens with zero attached hydrogens (tertiary/aromatic N) is 4. The van der Waals surface area contributed by atoms with Crippen molar-refractivity contribution in [1.29, 1.82) is 0 Å². The molecule has 0 unspecified atom stereocenters. The van der Waals surface area contributed by atoms with Gasteiger partial charge in [0.15, 0.2) is 0 Å². The van der Waals surface area contributed by atoms with Gasteiger partial charge in [0.25, 0.3) is 0 Å². The minimum Gasteiger partial charge on any atom is -0.449 e. The van der Waals surface area contributed by atoms with Gasteiger partial charge in [-0.15, -0.1) is 0 Å². The van der Waals surface area contributed by atoms with Crippen LogP contribution in [0.3, 0.4) is 0 Å². The molecule has 3 aromatic rings. The summed E-state index contributed by atoms with van der Waals surface area (Å²) >= 11 is 0. The monoisotopic (exact) mass is 314 g/mol. The van der Waals surface area contributed by atoms with Crippen molar-refractivity contribution in [2.75, 3.05) is 6.61 Å². The van der Waals surface area contributed by atoms with Crippen molar-refractivity contribution >= 4 is 17.1 Å². The molecule has 3 rings (SSSR count). The van der Waals surface area contributed by atoms with Crippen LogP contribution in [-0.2, 0) is 11.8 Å². The summed E-state index contributed by atoms with van der Waals surface area (Å²) in [5, 5.41) is 5.10. The molecular weight excluding hydrogens is 292 g/mol. The Morgan fingerprint density at radius 2 is 1.96 bits per heavy atom. The van der Waals surface area contributed by atoms with E-state index in [0.29, 0.717) is 12.3 Å². The van der Waals surface area contributed by atoms with Gasteiger partial charge in [0.05, 0.1) is 12.8 Å². The Hall–Kier alpha value is -2.63. The van der Waals surface area contributed by atoms with Crippen LogP contribution in [0.2, 0.25) is 0 Å². The van der Waals surface area contributed by atoms with E-state index < -0.39 is 6.09 Å². The van der Waals surface area contributed by atoms with Gasteiger partial charge in [0.2, 0.25) is 0 Å². The van der Waals surface area contributed by atoms with Crippen molar-refractivity contribution in [3.63, 3.8) is 0 Å². The van der Waals surface area contributed by atoms with Gasteiger partial charge in [0, 0.05) is 42.2 Å². The molecule has 0 aliphatic heterocycles. The number of aryl methyl sites for hydroxylation is 2. The lowest BCUT2D eigenvalue weighted by atomic mass is 10.1. The molecule has 6 heteroatoms. The summed E-state index contributed by atoms with van der Waals surface area (Å²) in [7, 11) is 1.87. The molecular formula is C17H22N4O2. The standard InChI is InChI=1S/C15H16N4O2.C2H6/c1-4-21-15(20)19-8-10(2)13-5-11(6-16-14(13)19)12-7-17-18(3)9-12;1-2/h5-9H,4H2,1-3H3;1-2H3. The molecule has 0 radical (unpaired) electrons. The third-order valence-corrected chi connectivity index (χ3v) is 3.35. The fraction of sp³-hybridized carbons (Fsp3) is 0.353. The van der Waals surface area contributed by atoms with Gasteiger partial charge < -0.3 is 4.74 Å². The topological polar surface area (TPSA) is 61.9 Å². The van der Waals surface area contributed by atoms with E-state index in [1.807, 2.05) is 40.1 Å². The number of carbonyl (C=O) groups is 1. The Labute approximate surface area is 135 Å². The second-order valence-electron chi connectivity index (χ2n) is 4.88. The zero-order valence-electron chi connectivity index (χ0n) is 14.2. The van der Waals surface area contributed by atoms with E-state index in [9.17, 15) is 4.79 Å². The molecule has 0 spiro atoms. The number of carbonyl (C=O) groups excluding carboxylic acids is 1. The first-order valence-electron chi connectivity index (χ1n) is 7.74. The van der Waals surface area contributed by atoms with E-state index in [4.69, 9.17) is 4.74 Å². The molecule has 0 bridgehead atoms. The van der Waals surface area contributed by atoms with Crippen LogP contribution in [0.5, 0.6) is 0 Å². The van der Waals surface area contributed by atoms with Gasteiger partial charge in [-0.05, 0) is 25.5 Å². The first-order valence-corrected chi connectivity index (χ1v) is 7.74. The Balaban J connectivity index is 0.000000924. The van der Waals surface area contributed by atoms with E-state index in [1.54, 1.807) is 30.2 Å². The summed E-state index contributed by atoms with van der Waals surface area (Å²) in [6.07, 6.45) is 6.82. The average molecular weight is 314 g/mol. The molecule has 0 aliphatic rings. The predicted octanol–water partition coefficient (Wildman–Crippen LogP) is 3.78. The normalized spacial score (nSPS) is 10.3. The molecule has 122 valence electrons. The summed E-state index contributed by atoms with van der Waals surface area (Å²) in [5.41, 5.74) is 3.56. The summed E-state index contributed by atoms with van der Waals surface area (Å²) in [4.78, 5) is 16.3. The number of hydrogen-bond donors (Lipinski definition) is 0. The summed E-state index contributed by atoms with van der Waals surface area (Å²) < 4.78 is 8.23. The minimum atomic E-state index is -0.405. The molecule has 6 nitrogen and oxygen atoms in total. The SMILES string of the molecule is CC.CCOC(=O)n1cc(C)c2cc(-c3cnn(C)c3)cnc21. The molecule has 0 aromatic carbocycles. The maximum Gasteiger partial charge on any atom is 0.419 e. The summed E-state index contributed by atoms with van der Waals surface area (Å²) in [6.45, 7) is 8.07. The fourth-order valence-corrected chi connectivity index (χ4v) is 2.32. The smallest absolute Gasteiger partial charge is 0.419 e. The molecule has 3 aromatic heterocycles. The first kappa shape index (κ1) is 16.7. The zero-order valence-corrected chi connectivity index (χ0v) is 14.2. The molecule has 0 amide bonds. The van der Waals surface area contributed by atoms with Gasteiger partial charge in [0.1, 0.15) is 5.65 Å². The predicted molar refractivity (Wildman–Crippen MR) is 90.4 cm³/mol. The Kier molecular flexibility index (Phi) is 5.16. The highest BCUT2D eigenvalue weighted by molar-refractivity contribution is 5.91. The summed E-state index contributed by atoms with van der Waals surface area (Å²) in [5.74, 6) is 0. The maximum atomic E-state index is 11.9. The molecule has 0 aliphatic carbocycles. The van der Waals surface area contributed by atoms with E-state index in [0.717, 1.165) is 22.1 Å². The molecule has 3 heterocycles. The first-order chi connectivity index (χ1) is 11.1. The fourth-order valence-electron chi connectivity index (χ4n) is 2.32. The van der Waals surface area contributed by atoms with Gasteiger partial charge in [-0.2, -0.15) is 5.10 Å². The highest BCUT2D eigenvalue weighted by atomic mass is 16.5. The average Bonchev–Trinajstić information content (AvgIpc) is 3.13. The van der Waals surface area contributed by atoms with Crippen LogP contribution in [0.4, 0.5) is 4.79 Å². The Morgan fingerprint density at radius 3 is 2.57 bits per heavy atom. The Bertz CT molecular complexity index is 817. The Morgan fingerprint density at radius 1 is 1.22 bits per heavy atom. The van der Waals surface area contributed by atoms with Crippen LogP contribution in [0.25, 0.3) is 22.2 Å². The van der Waals surface area contributed by atoms with Gasteiger partial charge >= 0.3 is 6.09 Å².